The molecule has 1 saturated heterocycles. The number of fused-ring (bicyclic) bond motifs is 1. The fraction of sp³-hybridized carbons (Fsp3) is 0.838. The van der Waals surface area contributed by atoms with Crippen LogP contribution in [-0.2, 0) is 28.8 Å². The van der Waals surface area contributed by atoms with Gasteiger partial charge in [0.05, 0.1) is 6.04 Å². The Kier molecular flexibility index (Phi) is 13.3. The zero-order chi connectivity index (χ0) is 36.0. The van der Waals surface area contributed by atoms with Crippen LogP contribution in [0.3, 0.4) is 0 Å². The summed E-state index contributed by atoms with van der Waals surface area (Å²) in [5, 5.41) is 21.9. The summed E-state index contributed by atoms with van der Waals surface area (Å²) < 4.78 is 0. The summed E-state index contributed by atoms with van der Waals surface area (Å²) in [6, 6.07) is -3.94. The quantitative estimate of drug-likeness (QED) is 0.175. The molecular formula is C37H61N5O7. The van der Waals surface area contributed by atoms with E-state index in [2.05, 4.69) is 21.3 Å². The van der Waals surface area contributed by atoms with Crippen molar-refractivity contribution in [3.05, 3.63) is 0 Å². The van der Waals surface area contributed by atoms with Gasteiger partial charge in [0.2, 0.25) is 29.4 Å². The van der Waals surface area contributed by atoms with Crippen molar-refractivity contribution in [1.82, 2.24) is 26.2 Å². The second-order valence-corrected chi connectivity index (χ2v) is 16.5. The van der Waals surface area contributed by atoms with Crippen LogP contribution in [0.4, 0.5) is 0 Å². The van der Waals surface area contributed by atoms with E-state index in [1.54, 1.807) is 18.7 Å². The molecule has 0 aromatic heterocycles. The van der Waals surface area contributed by atoms with Gasteiger partial charge >= 0.3 is 0 Å². The summed E-state index contributed by atoms with van der Waals surface area (Å²) >= 11 is 0. The topological polar surface area (TPSA) is 174 Å². The first-order chi connectivity index (χ1) is 23.1. The number of Topliss-reactive ketones (excluding diaryl/α,β-unsaturated/α-hetero) is 1. The molecule has 7 atom stereocenters. The van der Waals surface area contributed by atoms with Gasteiger partial charge in [-0.15, -0.1) is 0 Å². The molecule has 5 amide bonds. The molecule has 276 valence electrons. The molecule has 4 fully saturated rings. The number of hydrogen-bond acceptors (Lipinski definition) is 7. The van der Waals surface area contributed by atoms with E-state index in [1.807, 2.05) is 27.7 Å². The monoisotopic (exact) mass is 687 g/mol. The Hall–Kier alpha value is -3.02. The molecule has 49 heavy (non-hydrogen) atoms. The predicted octanol–water partition coefficient (Wildman–Crippen LogP) is 2.89. The van der Waals surface area contributed by atoms with Crippen LogP contribution in [0.5, 0.6) is 0 Å². The Balaban J connectivity index is 1.58. The first-order valence-electron chi connectivity index (χ1n) is 18.9. The van der Waals surface area contributed by atoms with Gasteiger partial charge in [0.15, 0.2) is 0 Å². The lowest BCUT2D eigenvalue weighted by Gasteiger charge is -2.40. The van der Waals surface area contributed by atoms with Crippen molar-refractivity contribution in [3.8, 4) is 0 Å². The molecule has 3 aliphatic carbocycles. The van der Waals surface area contributed by atoms with Crippen LogP contribution in [0, 0.1) is 23.2 Å². The SMILES string of the molecule is CCCC(NC(=O)[C@@H]1C[C@@H]2CCCCC2N1C(=O)[C@@H](NC(=O)C(NC(=O)[C@@H](O)C(C)C)C1CCCCC1)C(C)(C)C)C(=O)C(=O)NC1CC1. The number of amides is 5. The normalized spacial score (nSPS) is 25.4. The van der Waals surface area contributed by atoms with Gasteiger partial charge in [-0.25, -0.2) is 0 Å². The van der Waals surface area contributed by atoms with Crippen LogP contribution >= 0.6 is 0 Å². The summed E-state index contributed by atoms with van der Waals surface area (Å²) in [4.78, 5) is 83.4. The number of carbonyl (C=O) groups is 6. The molecular weight excluding hydrogens is 626 g/mol. The molecule has 0 spiro atoms. The summed E-state index contributed by atoms with van der Waals surface area (Å²) in [5.41, 5.74) is -0.749. The molecule has 3 unspecified atom stereocenters. The van der Waals surface area contributed by atoms with Crippen molar-refractivity contribution in [3.63, 3.8) is 0 Å². The van der Waals surface area contributed by atoms with E-state index in [0.717, 1.165) is 70.6 Å². The zero-order valence-electron chi connectivity index (χ0n) is 30.5. The highest BCUT2D eigenvalue weighted by Gasteiger charge is 2.51. The number of nitrogens with one attached hydrogen (secondary N) is 4. The first kappa shape index (κ1) is 38.8. The van der Waals surface area contributed by atoms with Crippen LogP contribution in [0.2, 0.25) is 0 Å². The summed E-state index contributed by atoms with van der Waals surface area (Å²) in [6.45, 7) is 10.9. The molecule has 5 N–H and O–H groups in total. The van der Waals surface area contributed by atoms with Crippen LogP contribution in [0.15, 0.2) is 0 Å². The van der Waals surface area contributed by atoms with Crippen LogP contribution in [0.1, 0.15) is 131 Å². The standard InChI is InChI=1S/C37H61N5O7/c1-7-13-25(30(44)35(48)38-24-18-19-24)39-32(45)27-20-23-16-11-12-17-26(23)42(27)36(49)31(37(4,5)6)41-33(46)28(22-14-9-8-10-15-22)40-34(47)29(43)21(2)3/h21-29,31,43H,7-20H2,1-6H3,(H,38,48)(H,39,45)(H,40,47)(H,41,46)/t23-,25?,26?,27-,28?,29-,31+/m0/s1. The number of aliphatic hydroxyl groups is 1. The van der Waals surface area contributed by atoms with Crippen molar-refractivity contribution >= 4 is 35.3 Å². The fourth-order valence-electron chi connectivity index (χ4n) is 7.92. The van der Waals surface area contributed by atoms with E-state index < -0.39 is 65.1 Å². The highest BCUT2D eigenvalue weighted by Crippen LogP contribution is 2.41. The largest absolute Gasteiger partial charge is 0.383 e. The van der Waals surface area contributed by atoms with Gasteiger partial charge in [0.1, 0.15) is 24.2 Å². The highest BCUT2D eigenvalue weighted by atomic mass is 16.3. The summed E-state index contributed by atoms with van der Waals surface area (Å²) in [5.74, 6) is -3.62. The average Bonchev–Trinajstić information content (AvgIpc) is 3.79. The minimum atomic E-state index is -1.27. The molecule has 1 heterocycles. The van der Waals surface area contributed by atoms with E-state index in [0.29, 0.717) is 19.3 Å². The second kappa shape index (κ2) is 16.8. The number of rotatable bonds is 14. The van der Waals surface area contributed by atoms with Crippen LogP contribution in [-0.4, -0.2) is 87.7 Å². The maximum absolute atomic E-state index is 14.8. The van der Waals surface area contributed by atoms with Crippen molar-refractivity contribution in [2.75, 3.05) is 0 Å². The molecule has 12 heteroatoms. The molecule has 12 nitrogen and oxygen atoms in total. The Morgan fingerprint density at radius 1 is 0.816 bits per heavy atom. The van der Waals surface area contributed by atoms with E-state index in [-0.39, 0.29) is 35.7 Å². The molecule has 0 aromatic rings. The number of hydrogen-bond donors (Lipinski definition) is 5. The smallest absolute Gasteiger partial charge is 0.289 e. The average molecular weight is 688 g/mol. The molecule has 3 saturated carbocycles. The third-order valence-corrected chi connectivity index (χ3v) is 11.0. The Labute approximate surface area is 292 Å². The molecule has 0 radical (unpaired) electrons. The lowest BCUT2D eigenvalue weighted by Crippen LogP contribution is -2.63. The number of ketones is 1. The minimum Gasteiger partial charge on any atom is -0.383 e. The second-order valence-electron chi connectivity index (χ2n) is 16.5. The molecule has 0 bridgehead atoms. The molecule has 4 aliphatic rings. The summed E-state index contributed by atoms with van der Waals surface area (Å²) in [7, 11) is 0. The van der Waals surface area contributed by atoms with Crippen LogP contribution in [0.25, 0.3) is 0 Å². The van der Waals surface area contributed by atoms with Gasteiger partial charge in [-0.05, 0) is 74.5 Å². The Morgan fingerprint density at radius 2 is 1.45 bits per heavy atom. The van der Waals surface area contributed by atoms with Crippen molar-refractivity contribution in [1.29, 1.82) is 0 Å². The van der Waals surface area contributed by atoms with Gasteiger partial charge in [-0.2, -0.15) is 0 Å². The van der Waals surface area contributed by atoms with Gasteiger partial charge in [-0.3, -0.25) is 28.8 Å². The van der Waals surface area contributed by atoms with E-state index in [1.165, 1.54) is 0 Å². The molecule has 4 rings (SSSR count). The lowest BCUT2D eigenvalue weighted by atomic mass is 9.81. The maximum Gasteiger partial charge on any atom is 0.289 e. The van der Waals surface area contributed by atoms with Gasteiger partial charge < -0.3 is 31.3 Å². The number of likely N-dealkylation sites (tertiary alicyclic amines) is 1. The number of carbonyl (C=O) groups excluding carboxylic acids is 6. The minimum absolute atomic E-state index is 0.0105. The Morgan fingerprint density at radius 3 is 2.04 bits per heavy atom. The predicted molar refractivity (Wildman–Crippen MR) is 185 cm³/mol. The third-order valence-electron chi connectivity index (χ3n) is 11.0. The lowest BCUT2D eigenvalue weighted by molar-refractivity contribution is -0.148. The third kappa shape index (κ3) is 9.82. The maximum atomic E-state index is 14.8. The molecule has 1 aliphatic heterocycles. The number of nitrogens with zero attached hydrogens (tertiary/aromatic N) is 1. The van der Waals surface area contributed by atoms with Crippen LogP contribution < -0.4 is 21.3 Å². The first-order valence-corrected chi connectivity index (χ1v) is 18.9. The highest BCUT2D eigenvalue weighted by molar-refractivity contribution is 6.38. The van der Waals surface area contributed by atoms with Gasteiger partial charge in [0.25, 0.3) is 5.91 Å². The van der Waals surface area contributed by atoms with Crippen molar-refractivity contribution < 1.29 is 33.9 Å². The van der Waals surface area contributed by atoms with Crippen molar-refractivity contribution in [2.45, 2.75) is 174 Å². The van der Waals surface area contributed by atoms with Gasteiger partial charge in [0, 0.05) is 12.1 Å². The summed E-state index contributed by atoms with van der Waals surface area (Å²) in [6.07, 6.45) is 9.66. The van der Waals surface area contributed by atoms with Gasteiger partial charge in [-0.1, -0.05) is 80.1 Å². The molecule has 0 aromatic carbocycles. The van der Waals surface area contributed by atoms with E-state index in [4.69, 9.17) is 0 Å². The number of aliphatic hydroxyl groups excluding tert-OH is 1. The van der Waals surface area contributed by atoms with E-state index in [9.17, 15) is 33.9 Å². The van der Waals surface area contributed by atoms with E-state index >= 15 is 0 Å². The van der Waals surface area contributed by atoms with Crippen molar-refractivity contribution in [2.24, 2.45) is 23.2 Å². The Bertz CT molecular complexity index is 1220. The zero-order valence-corrected chi connectivity index (χ0v) is 30.5. The fourth-order valence-corrected chi connectivity index (χ4v) is 7.92.